The van der Waals surface area contributed by atoms with Gasteiger partial charge in [0.05, 0.1) is 26.3 Å². The molecular formula is C21H30N4O4. The number of ether oxygens (including phenoxy) is 2. The van der Waals surface area contributed by atoms with Crippen LogP contribution >= 0.6 is 0 Å². The highest BCUT2D eigenvalue weighted by atomic mass is 16.5. The quantitative estimate of drug-likeness (QED) is 0.616. The smallest absolute Gasteiger partial charge is 0.271 e. The average molecular weight is 402 g/mol. The van der Waals surface area contributed by atoms with Crippen molar-refractivity contribution in [2.75, 3.05) is 40.5 Å². The Balaban J connectivity index is 2.17. The Kier molecular flexibility index (Phi) is 8.82. The van der Waals surface area contributed by atoms with Crippen molar-refractivity contribution in [1.29, 1.82) is 0 Å². The van der Waals surface area contributed by atoms with E-state index in [0.29, 0.717) is 19.7 Å². The Morgan fingerprint density at radius 3 is 2.62 bits per heavy atom. The van der Waals surface area contributed by atoms with Crippen molar-refractivity contribution < 1.29 is 14.3 Å². The number of carbonyl (C=O) groups excluding carboxylic acids is 1. The summed E-state index contributed by atoms with van der Waals surface area (Å²) in [5.41, 5.74) is 0.993. The SMILES string of the molecule is CCN(CC)C(CNC(=O)c1ccc(=O)n(CCOC)n1)c1cccc(OC)c1. The van der Waals surface area contributed by atoms with E-state index in [9.17, 15) is 9.59 Å². The number of likely N-dealkylation sites (N-methyl/N-ethyl adjacent to an activating group) is 1. The third kappa shape index (κ3) is 6.13. The number of hydrogen-bond donors (Lipinski definition) is 1. The van der Waals surface area contributed by atoms with E-state index in [1.54, 1.807) is 14.2 Å². The van der Waals surface area contributed by atoms with Gasteiger partial charge in [0, 0.05) is 19.7 Å². The van der Waals surface area contributed by atoms with E-state index < -0.39 is 0 Å². The molecule has 0 fully saturated rings. The lowest BCUT2D eigenvalue weighted by Crippen LogP contribution is -2.39. The van der Waals surface area contributed by atoms with E-state index in [0.717, 1.165) is 24.4 Å². The van der Waals surface area contributed by atoms with Gasteiger partial charge in [-0.3, -0.25) is 14.5 Å². The minimum atomic E-state index is -0.323. The molecular weight excluding hydrogens is 372 g/mol. The summed E-state index contributed by atoms with van der Waals surface area (Å²) >= 11 is 0. The van der Waals surface area contributed by atoms with Gasteiger partial charge in [0.25, 0.3) is 11.5 Å². The Labute approximate surface area is 171 Å². The van der Waals surface area contributed by atoms with Gasteiger partial charge in [0.2, 0.25) is 0 Å². The molecule has 1 aromatic carbocycles. The van der Waals surface area contributed by atoms with Gasteiger partial charge in [-0.15, -0.1) is 0 Å². The first-order valence-electron chi connectivity index (χ1n) is 9.77. The maximum atomic E-state index is 12.7. The summed E-state index contributed by atoms with van der Waals surface area (Å²) in [6.45, 7) is 6.91. The third-order valence-electron chi connectivity index (χ3n) is 4.79. The zero-order valence-corrected chi connectivity index (χ0v) is 17.6. The molecule has 1 atom stereocenters. The molecule has 2 aromatic rings. The van der Waals surface area contributed by atoms with E-state index >= 15 is 0 Å². The zero-order valence-electron chi connectivity index (χ0n) is 17.6. The minimum absolute atomic E-state index is 0.0107. The number of carbonyl (C=O) groups is 1. The normalized spacial score (nSPS) is 12.0. The second kappa shape index (κ2) is 11.3. The zero-order chi connectivity index (χ0) is 21.2. The van der Waals surface area contributed by atoms with Crippen LogP contribution in [0.3, 0.4) is 0 Å². The van der Waals surface area contributed by atoms with E-state index in [1.165, 1.54) is 16.8 Å². The first-order valence-corrected chi connectivity index (χ1v) is 9.77. The minimum Gasteiger partial charge on any atom is -0.497 e. The molecule has 1 heterocycles. The molecule has 29 heavy (non-hydrogen) atoms. The van der Waals surface area contributed by atoms with Crippen LogP contribution in [0.1, 0.15) is 35.9 Å². The van der Waals surface area contributed by atoms with Gasteiger partial charge >= 0.3 is 0 Å². The molecule has 8 heteroatoms. The average Bonchev–Trinajstić information content (AvgIpc) is 2.75. The molecule has 2 rings (SSSR count). The number of nitrogens with one attached hydrogen (secondary N) is 1. The molecule has 158 valence electrons. The van der Waals surface area contributed by atoms with Crippen LogP contribution in [-0.2, 0) is 11.3 Å². The predicted octanol–water partition coefficient (Wildman–Crippen LogP) is 1.71. The molecule has 0 aliphatic carbocycles. The Hall–Kier alpha value is -2.71. The number of methoxy groups -OCH3 is 2. The number of nitrogens with zero attached hydrogens (tertiary/aromatic N) is 3. The van der Waals surface area contributed by atoms with Crippen LogP contribution in [-0.4, -0.2) is 61.0 Å². The summed E-state index contributed by atoms with van der Waals surface area (Å²) in [5, 5.41) is 7.11. The second-order valence-electron chi connectivity index (χ2n) is 6.50. The summed E-state index contributed by atoms with van der Waals surface area (Å²) in [6.07, 6.45) is 0. The van der Waals surface area contributed by atoms with Crippen molar-refractivity contribution in [3.05, 3.63) is 58.0 Å². The van der Waals surface area contributed by atoms with E-state index in [2.05, 4.69) is 29.2 Å². The molecule has 1 unspecified atom stereocenters. The van der Waals surface area contributed by atoms with E-state index in [1.807, 2.05) is 24.3 Å². The molecule has 0 spiro atoms. The predicted molar refractivity (Wildman–Crippen MR) is 111 cm³/mol. The lowest BCUT2D eigenvalue weighted by Gasteiger charge is -2.30. The number of rotatable bonds is 11. The molecule has 0 saturated carbocycles. The molecule has 0 radical (unpaired) electrons. The molecule has 1 amide bonds. The fourth-order valence-electron chi connectivity index (χ4n) is 3.16. The van der Waals surface area contributed by atoms with Crippen molar-refractivity contribution in [1.82, 2.24) is 20.0 Å². The molecule has 1 N–H and O–H groups in total. The van der Waals surface area contributed by atoms with Crippen LogP contribution < -0.4 is 15.6 Å². The highest BCUT2D eigenvalue weighted by Crippen LogP contribution is 2.23. The monoisotopic (exact) mass is 402 g/mol. The van der Waals surface area contributed by atoms with Gasteiger partial charge in [-0.1, -0.05) is 26.0 Å². The van der Waals surface area contributed by atoms with Gasteiger partial charge in [0.15, 0.2) is 0 Å². The van der Waals surface area contributed by atoms with Crippen LogP contribution in [0.4, 0.5) is 0 Å². The topological polar surface area (TPSA) is 85.7 Å². The fraction of sp³-hybridized carbons (Fsp3) is 0.476. The van der Waals surface area contributed by atoms with Crippen molar-refractivity contribution >= 4 is 5.91 Å². The maximum absolute atomic E-state index is 12.7. The van der Waals surface area contributed by atoms with Gasteiger partial charge in [-0.25, -0.2) is 4.68 Å². The lowest BCUT2D eigenvalue weighted by molar-refractivity contribution is 0.0926. The number of aromatic nitrogens is 2. The standard InChI is InChI=1S/C21H30N4O4/c1-5-24(6-2)19(16-8-7-9-17(14-16)29-4)15-22-21(27)18-10-11-20(26)25(23-18)12-13-28-3/h7-11,14,19H,5-6,12-13,15H2,1-4H3,(H,22,27). The number of amides is 1. The molecule has 0 aliphatic heterocycles. The summed E-state index contributed by atoms with van der Waals surface area (Å²) in [7, 11) is 3.19. The van der Waals surface area contributed by atoms with Gasteiger partial charge < -0.3 is 14.8 Å². The second-order valence-corrected chi connectivity index (χ2v) is 6.50. The van der Waals surface area contributed by atoms with Crippen molar-refractivity contribution in [3.8, 4) is 5.75 Å². The first kappa shape index (κ1) is 22.6. The third-order valence-corrected chi connectivity index (χ3v) is 4.79. The van der Waals surface area contributed by atoms with Gasteiger partial charge in [0.1, 0.15) is 11.4 Å². The van der Waals surface area contributed by atoms with Crippen molar-refractivity contribution in [2.45, 2.75) is 26.4 Å². The van der Waals surface area contributed by atoms with Crippen LogP contribution in [0.2, 0.25) is 0 Å². The van der Waals surface area contributed by atoms with Crippen LogP contribution in [0.25, 0.3) is 0 Å². The summed E-state index contributed by atoms with van der Waals surface area (Å²) in [6, 6.07) is 10.6. The molecule has 0 aliphatic rings. The fourth-order valence-corrected chi connectivity index (χ4v) is 3.16. The molecule has 0 bridgehead atoms. The van der Waals surface area contributed by atoms with Crippen LogP contribution in [0.5, 0.6) is 5.75 Å². The van der Waals surface area contributed by atoms with Gasteiger partial charge in [-0.05, 0) is 36.9 Å². The highest BCUT2D eigenvalue weighted by Gasteiger charge is 2.20. The summed E-state index contributed by atoms with van der Waals surface area (Å²) in [5.74, 6) is 0.453. The van der Waals surface area contributed by atoms with Crippen molar-refractivity contribution in [2.24, 2.45) is 0 Å². The van der Waals surface area contributed by atoms with Crippen LogP contribution in [0, 0.1) is 0 Å². The first-order chi connectivity index (χ1) is 14.0. The molecule has 8 nitrogen and oxygen atoms in total. The molecule has 0 saturated heterocycles. The largest absolute Gasteiger partial charge is 0.497 e. The lowest BCUT2D eigenvalue weighted by atomic mass is 10.0. The van der Waals surface area contributed by atoms with Gasteiger partial charge in [-0.2, -0.15) is 5.10 Å². The highest BCUT2D eigenvalue weighted by molar-refractivity contribution is 5.92. The van der Waals surface area contributed by atoms with Crippen molar-refractivity contribution in [3.63, 3.8) is 0 Å². The Bertz CT molecular complexity index is 849. The Morgan fingerprint density at radius 2 is 1.97 bits per heavy atom. The number of hydrogen-bond acceptors (Lipinski definition) is 6. The molecule has 1 aromatic heterocycles. The summed E-state index contributed by atoms with van der Waals surface area (Å²) in [4.78, 5) is 26.8. The maximum Gasteiger partial charge on any atom is 0.271 e. The Morgan fingerprint density at radius 1 is 1.21 bits per heavy atom. The van der Waals surface area contributed by atoms with Crippen LogP contribution in [0.15, 0.2) is 41.2 Å². The number of benzene rings is 1. The van der Waals surface area contributed by atoms with E-state index in [-0.39, 0.29) is 23.2 Å². The summed E-state index contributed by atoms with van der Waals surface area (Å²) < 4.78 is 11.6. The van der Waals surface area contributed by atoms with E-state index in [4.69, 9.17) is 9.47 Å².